The Hall–Kier alpha value is -1.91. The zero-order chi connectivity index (χ0) is 12.4. The van der Waals surface area contributed by atoms with Crippen molar-refractivity contribution in [2.24, 2.45) is 0 Å². The lowest BCUT2D eigenvalue weighted by Crippen LogP contribution is -2.01. The van der Waals surface area contributed by atoms with Crippen molar-refractivity contribution in [1.29, 1.82) is 0 Å². The van der Waals surface area contributed by atoms with Crippen molar-refractivity contribution in [2.75, 3.05) is 5.73 Å². The van der Waals surface area contributed by atoms with E-state index in [4.69, 9.17) is 5.73 Å². The Labute approximate surface area is 97.9 Å². The predicted molar refractivity (Wildman–Crippen MR) is 62.7 cm³/mol. The standard InChI is InChI=1S/C12H13F2N3/c1-2-17-11(5-6-16-17)9-4-3-8(15)7-10(9)12(13)14/h3-7,12H,2,15H2,1H3. The van der Waals surface area contributed by atoms with Gasteiger partial charge in [0, 0.05) is 29.6 Å². The minimum Gasteiger partial charge on any atom is -0.399 e. The first-order valence-electron chi connectivity index (χ1n) is 5.33. The van der Waals surface area contributed by atoms with E-state index in [1.165, 1.54) is 6.07 Å². The molecule has 1 heterocycles. The van der Waals surface area contributed by atoms with Crippen molar-refractivity contribution in [1.82, 2.24) is 9.78 Å². The van der Waals surface area contributed by atoms with Crippen LogP contribution in [0.1, 0.15) is 18.9 Å². The minimum atomic E-state index is -2.55. The third-order valence-electron chi connectivity index (χ3n) is 2.60. The fourth-order valence-corrected chi connectivity index (χ4v) is 1.81. The summed E-state index contributed by atoms with van der Waals surface area (Å²) in [6.45, 7) is 2.55. The SMILES string of the molecule is CCn1nccc1-c1ccc(N)cc1C(F)F. The third kappa shape index (κ3) is 2.13. The summed E-state index contributed by atoms with van der Waals surface area (Å²) in [6.07, 6.45) is -0.946. The summed E-state index contributed by atoms with van der Waals surface area (Å²) in [6, 6.07) is 6.27. The highest BCUT2D eigenvalue weighted by molar-refractivity contribution is 5.67. The van der Waals surface area contributed by atoms with Gasteiger partial charge in [0.25, 0.3) is 6.43 Å². The smallest absolute Gasteiger partial charge is 0.264 e. The van der Waals surface area contributed by atoms with Gasteiger partial charge in [0.2, 0.25) is 0 Å². The van der Waals surface area contributed by atoms with Crippen LogP contribution in [0.2, 0.25) is 0 Å². The van der Waals surface area contributed by atoms with Gasteiger partial charge in [-0.1, -0.05) is 6.07 Å². The fourth-order valence-electron chi connectivity index (χ4n) is 1.81. The molecular weight excluding hydrogens is 224 g/mol. The molecule has 0 radical (unpaired) electrons. The highest BCUT2D eigenvalue weighted by Crippen LogP contribution is 2.32. The molecule has 2 aromatic rings. The molecule has 0 fully saturated rings. The highest BCUT2D eigenvalue weighted by Gasteiger charge is 2.16. The Kier molecular flexibility index (Phi) is 3.08. The number of aromatic nitrogens is 2. The number of nitrogen functional groups attached to an aromatic ring is 1. The number of rotatable bonds is 3. The quantitative estimate of drug-likeness (QED) is 0.833. The van der Waals surface area contributed by atoms with Gasteiger partial charge in [0.05, 0.1) is 5.69 Å². The van der Waals surface area contributed by atoms with Crippen LogP contribution in [0, 0.1) is 0 Å². The van der Waals surface area contributed by atoms with Crippen LogP contribution in [0.25, 0.3) is 11.3 Å². The molecule has 0 amide bonds. The maximum absolute atomic E-state index is 12.9. The van der Waals surface area contributed by atoms with Crippen LogP contribution in [0.4, 0.5) is 14.5 Å². The van der Waals surface area contributed by atoms with E-state index in [-0.39, 0.29) is 5.56 Å². The minimum absolute atomic E-state index is 0.0554. The van der Waals surface area contributed by atoms with E-state index in [1.54, 1.807) is 29.1 Å². The van der Waals surface area contributed by atoms with E-state index >= 15 is 0 Å². The van der Waals surface area contributed by atoms with Gasteiger partial charge >= 0.3 is 0 Å². The second-order valence-corrected chi connectivity index (χ2v) is 3.68. The van der Waals surface area contributed by atoms with Crippen molar-refractivity contribution in [3.05, 3.63) is 36.0 Å². The number of hydrogen-bond donors (Lipinski definition) is 1. The Morgan fingerprint density at radius 3 is 2.76 bits per heavy atom. The molecule has 90 valence electrons. The van der Waals surface area contributed by atoms with E-state index in [1.807, 2.05) is 6.92 Å². The molecule has 0 saturated carbocycles. The van der Waals surface area contributed by atoms with Gasteiger partial charge in [-0.15, -0.1) is 0 Å². The highest BCUT2D eigenvalue weighted by atomic mass is 19.3. The Morgan fingerprint density at radius 1 is 1.35 bits per heavy atom. The van der Waals surface area contributed by atoms with Crippen molar-refractivity contribution >= 4 is 5.69 Å². The van der Waals surface area contributed by atoms with Gasteiger partial charge in [-0.05, 0) is 25.1 Å². The summed E-state index contributed by atoms with van der Waals surface area (Å²) in [5.74, 6) is 0. The Bertz CT molecular complexity index is 520. The fraction of sp³-hybridized carbons (Fsp3) is 0.250. The molecular formula is C12H13F2N3. The first-order chi connectivity index (χ1) is 8.13. The Balaban J connectivity index is 2.59. The molecule has 5 heteroatoms. The predicted octanol–water partition coefficient (Wildman–Crippen LogP) is 3.09. The number of halogens is 2. The summed E-state index contributed by atoms with van der Waals surface area (Å²) >= 11 is 0. The van der Waals surface area contributed by atoms with Crippen LogP contribution in [0.3, 0.4) is 0 Å². The molecule has 0 atom stereocenters. The first-order valence-corrected chi connectivity index (χ1v) is 5.33. The molecule has 0 spiro atoms. The Morgan fingerprint density at radius 2 is 2.12 bits per heavy atom. The molecule has 0 saturated heterocycles. The van der Waals surface area contributed by atoms with Gasteiger partial charge in [-0.3, -0.25) is 4.68 Å². The van der Waals surface area contributed by atoms with E-state index in [0.717, 1.165) is 0 Å². The van der Waals surface area contributed by atoms with Gasteiger partial charge in [0.1, 0.15) is 0 Å². The molecule has 2 N–H and O–H groups in total. The molecule has 1 aromatic carbocycles. The van der Waals surface area contributed by atoms with Crippen molar-refractivity contribution in [3.63, 3.8) is 0 Å². The molecule has 0 unspecified atom stereocenters. The number of nitrogens with two attached hydrogens (primary N) is 1. The van der Waals surface area contributed by atoms with Crippen LogP contribution in [-0.2, 0) is 6.54 Å². The average molecular weight is 237 g/mol. The summed E-state index contributed by atoms with van der Waals surface area (Å²) < 4.78 is 27.6. The topological polar surface area (TPSA) is 43.8 Å². The van der Waals surface area contributed by atoms with Crippen molar-refractivity contribution < 1.29 is 8.78 Å². The molecule has 2 rings (SSSR count). The lowest BCUT2D eigenvalue weighted by molar-refractivity contribution is 0.152. The number of alkyl halides is 2. The van der Waals surface area contributed by atoms with Gasteiger partial charge in [0.15, 0.2) is 0 Å². The second kappa shape index (κ2) is 4.53. The van der Waals surface area contributed by atoms with E-state index in [0.29, 0.717) is 23.5 Å². The van der Waals surface area contributed by atoms with E-state index < -0.39 is 6.43 Å². The molecule has 3 nitrogen and oxygen atoms in total. The molecule has 0 bridgehead atoms. The number of anilines is 1. The maximum Gasteiger partial charge on any atom is 0.264 e. The zero-order valence-electron chi connectivity index (χ0n) is 9.40. The number of hydrogen-bond acceptors (Lipinski definition) is 2. The molecule has 1 aromatic heterocycles. The largest absolute Gasteiger partial charge is 0.399 e. The van der Waals surface area contributed by atoms with Crippen LogP contribution < -0.4 is 5.73 Å². The van der Waals surface area contributed by atoms with E-state index in [2.05, 4.69) is 5.10 Å². The number of nitrogens with zero attached hydrogens (tertiary/aromatic N) is 2. The summed E-state index contributed by atoms with van der Waals surface area (Å²) in [5.41, 5.74) is 6.98. The molecule has 17 heavy (non-hydrogen) atoms. The van der Waals surface area contributed by atoms with Crippen molar-refractivity contribution in [3.8, 4) is 11.3 Å². The zero-order valence-corrected chi connectivity index (χ0v) is 9.40. The monoisotopic (exact) mass is 237 g/mol. The van der Waals surface area contributed by atoms with Crippen LogP contribution in [-0.4, -0.2) is 9.78 Å². The van der Waals surface area contributed by atoms with Gasteiger partial charge in [-0.25, -0.2) is 8.78 Å². The summed E-state index contributed by atoms with van der Waals surface area (Å²) in [4.78, 5) is 0. The van der Waals surface area contributed by atoms with Gasteiger partial charge in [-0.2, -0.15) is 5.10 Å². The van der Waals surface area contributed by atoms with Gasteiger partial charge < -0.3 is 5.73 Å². The average Bonchev–Trinajstić information content (AvgIpc) is 2.76. The van der Waals surface area contributed by atoms with Crippen LogP contribution in [0.5, 0.6) is 0 Å². The molecule has 0 aliphatic rings. The first kappa shape index (κ1) is 11.6. The molecule has 0 aliphatic carbocycles. The number of benzene rings is 1. The lowest BCUT2D eigenvalue weighted by atomic mass is 10.0. The summed E-state index contributed by atoms with van der Waals surface area (Å²) in [7, 11) is 0. The van der Waals surface area contributed by atoms with Crippen molar-refractivity contribution in [2.45, 2.75) is 19.9 Å². The maximum atomic E-state index is 12.9. The molecule has 0 aliphatic heterocycles. The van der Waals surface area contributed by atoms with Crippen LogP contribution >= 0.6 is 0 Å². The second-order valence-electron chi connectivity index (χ2n) is 3.68. The van der Waals surface area contributed by atoms with E-state index in [9.17, 15) is 8.78 Å². The van der Waals surface area contributed by atoms with Crippen LogP contribution in [0.15, 0.2) is 30.5 Å². The normalized spacial score (nSPS) is 11.1. The summed E-state index contributed by atoms with van der Waals surface area (Å²) in [5, 5.41) is 4.07. The lowest BCUT2D eigenvalue weighted by Gasteiger charge is -2.11. The third-order valence-corrected chi connectivity index (χ3v) is 2.60. The number of aryl methyl sites for hydroxylation is 1.